The van der Waals surface area contributed by atoms with E-state index < -0.39 is 6.04 Å². The van der Waals surface area contributed by atoms with Gasteiger partial charge in [-0.15, -0.1) is 0 Å². The largest absolute Gasteiger partial charge is 0.368 e. The molecule has 2 aromatic rings. The van der Waals surface area contributed by atoms with E-state index >= 15 is 0 Å². The first kappa shape index (κ1) is 12.9. The second kappa shape index (κ2) is 5.46. The molecule has 1 amide bonds. The molecule has 1 aliphatic rings. The highest BCUT2D eigenvalue weighted by atomic mass is 16.1. The molecular formula is C15H18N4O. The van der Waals surface area contributed by atoms with E-state index in [1.165, 1.54) is 0 Å². The first-order chi connectivity index (χ1) is 9.75. The maximum absolute atomic E-state index is 11.7. The lowest BCUT2D eigenvalue weighted by molar-refractivity contribution is -0.120. The van der Waals surface area contributed by atoms with Crippen LogP contribution in [-0.4, -0.2) is 15.5 Å². The molecule has 104 valence electrons. The zero-order valence-corrected chi connectivity index (χ0v) is 11.2. The molecule has 3 rings (SSSR count). The number of carbonyl (C=O) groups excluding carboxylic acids is 1. The summed E-state index contributed by atoms with van der Waals surface area (Å²) in [5, 5.41) is 3.23. The van der Waals surface area contributed by atoms with E-state index in [1.807, 2.05) is 30.3 Å². The number of rotatable bonds is 6. The van der Waals surface area contributed by atoms with Crippen LogP contribution < -0.4 is 11.1 Å². The van der Waals surface area contributed by atoms with Gasteiger partial charge in [0.2, 0.25) is 5.91 Å². The first-order valence-corrected chi connectivity index (χ1v) is 6.84. The fourth-order valence-corrected chi connectivity index (χ4v) is 2.36. The highest BCUT2D eigenvalue weighted by Crippen LogP contribution is 2.36. The predicted molar refractivity (Wildman–Crippen MR) is 75.7 cm³/mol. The van der Waals surface area contributed by atoms with E-state index in [4.69, 9.17) is 5.73 Å². The van der Waals surface area contributed by atoms with Crippen molar-refractivity contribution in [1.29, 1.82) is 0 Å². The third-order valence-corrected chi connectivity index (χ3v) is 3.57. The Hall–Kier alpha value is -2.14. The number of hydrogen-bond donors (Lipinski definition) is 2. The topological polar surface area (TPSA) is 72.9 Å². The van der Waals surface area contributed by atoms with E-state index in [-0.39, 0.29) is 5.91 Å². The van der Waals surface area contributed by atoms with E-state index in [9.17, 15) is 4.79 Å². The average Bonchev–Trinajstić information content (AvgIpc) is 3.19. The van der Waals surface area contributed by atoms with Crippen LogP contribution >= 0.6 is 0 Å². The summed E-state index contributed by atoms with van der Waals surface area (Å²) in [6.07, 6.45) is 5.81. The third kappa shape index (κ3) is 2.72. The molecule has 20 heavy (non-hydrogen) atoms. The molecule has 3 N–H and O–H groups in total. The molecule has 0 radical (unpaired) electrons. The number of nitrogens with zero attached hydrogens (tertiary/aromatic N) is 2. The van der Waals surface area contributed by atoms with Crippen molar-refractivity contribution >= 4 is 5.91 Å². The SMILES string of the molecule is NC(=O)C(NCc1ccccc1)c1cncn1C1CC1. The van der Waals surface area contributed by atoms with Crippen LogP contribution in [0.3, 0.4) is 0 Å². The van der Waals surface area contributed by atoms with Gasteiger partial charge >= 0.3 is 0 Å². The fraction of sp³-hybridized carbons (Fsp3) is 0.333. The molecule has 5 nitrogen and oxygen atoms in total. The van der Waals surface area contributed by atoms with Crippen molar-refractivity contribution in [2.45, 2.75) is 31.5 Å². The van der Waals surface area contributed by atoms with Crippen LogP contribution in [-0.2, 0) is 11.3 Å². The van der Waals surface area contributed by atoms with Gasteiger partial charge in [-0.1, -0.05) is 30.3 Å². The summed E-state index contributed by atoms with van der Waals surface area (Å²) in [7, 11) is 0. The molecule has 1 atom stereocenters. The van der Waals surface area contributed by atoms with Crippen molar-refractivity contribution in [1.82, 2.24) is 14.9 Å². The standard InChI is InChI=1S/C15H18N4O/c16-15(20)14(18-8-11-4-2-1-3-5-11)13-9-17-10-19(13)12-6-7-12/h1-5,9-10,12,14,18H,6-8H2,(H2,16,20). The molecule has 5 heteroatoms. The Morgan fingerprint density at radius 2 is 2.15 bits per heavy atom. The van der Waals surface area contributed by atoms with Crippen molar-refractivity contribution in [2.75, 3.05) is 0 Å². The number of benzene rings is 1. The van der Waals surface area contributed by atoms with E-state index in [2.05, 4.69) is 14.9 Å². The van der Waals surface area contributed by atoms with Crippen LogP contribution in [0.1, 0.15) is 36.2 Å². The average molecular weight is 270 g/mol. The molecule has 1 aromatic heterocycles. The van der Waals surface area contributed by atoms with Crippen LogP contribution in [0.5, 0.6) is 0 Å². The van der Waals surface area contributed by atoms with Crippen molar-refractivity contribution in [3.05, 3.63) is 54.1 Å². The zero-order chi connectivity index (χ0) is 13.9. The molecule has 1 saturated carbocycles. The highest BCUT2D eigenvalue weighted by Gasteiger charge is 2.29. The smallest absolute Gasteiger partial charge is 0.240 e. The highest BCUT2D eigenvalue weighted by molar-refractivity contribution is 5.80. The minimum absolute atomic E-state index is 0.372. The Kier molecular flexibility index (Phi) is 3.52. The molecular weight excluding hydrogens is 252 g/mol. The molecule has 1 unspecified atom stereocenters. The third-order valence-electron chi connectivity index (χ3n) is 3.57. The number of nitrogens with one attached hydrogen (secondary N) is 1. The molecule has 0 saturated heterocycles. The van der Waals surface area contributed by atoms with E-state index in [1.54, 1.807) is 12.5 Å². The lowest BCUT2D eigenvalue weighted by Gasteiger charge is -2.17. The Morgan fingerprint density at radius 3 is 2.80 bits per heavy atom. The summed E-state index contributed by atoms with van der Waals surface area (Å²) < 4.78 is 2.06. The molecule has 1 fully saturated rings. The van der Waals surface area contributed by atoms with Gasteiger partial charge in [0, 0.05) is 12.6 Å². The lowest BCUT2D eigenvalue weighted by Crippen LogP contribution is -2.34. The van der Waals surface area contributed by atoms with E-state index in [0.29, 0.717) is 12.6 Å². The van der Waals surface area contributed by atoms with Gasteiger partial charge in [0.1, 0.15) is 6.04 Å². The number of hydrogen-bond acceptors (Lipinski definition) is 3. The summed E-state index contributed by atoms with van der Waals surface area (Å²) in [5.41, 5.74) is 7.52. The van der Waals surface area contributed by atoms with Gasteiger partial charge < -0.3 is 10.3 Å². The number of carbonyl (C=O) groups is 1. The van der Waals surface area contributed by atoms with Crippen LogP contribution in [0.25, 0.3) is 0 Å². The Labute approximate surface area is 117 Å². The molecule has 1 aromatic carbocycles. The molecule has 1 aliphatic carbocycles. The monoisotopic (exact) mass is 270 g/mol. The van der Waals surface area contributed by atoms with Crippen LogP contribution in [0.2, 0.25) is 0 Å². The number of amides is 1. The normalized spacial score (nSPS) is 16.0. The zero-order valence-electron chi connectivity index (χ0n) is 11.2. The van der Waals surface area contributed by atoms with Crippen LogP contribution in [0, 0.1) is 0 Å². The van der Waals surface area contributed by atoms with Gasteiger partial charge in [-0.3, -0.25) is 10.1 Å². The van der Waals surface area contributed by atoms with Gasteiger partial charge in [-0.05, 0) is 18.4 Å². The molecule has 0 aliphatic heterocycles. The minimum Gasteiger partial charge on any atom is -0.368 e. The maximum Gasteiger partial charge on any atom is 0.240 e. The Balaban J connectivity index is 1.75. The van der Waals surface area contributed by atoms with Gasteiger partial charge in [0.05, 0.1) is 18.2 Å². The number of nitrogens with two attached hydrogens (primary N) is 1. The Bertz CT molecular complexity index is 589. The maximum atomic E-state index is 11.7. The summed E-state index contributed by atoms with van der Waals surface area (Å²) >= 11 is 0. The molecule has 0 spiro atoms. The fourth-order valence-electron chi connectivity index (χ4n) is 2.36. The summed E-state index contributed by atoms with van der Waals surface area (Å²) in [6.45, 7) is 0.601. The van der Waals surface area contributed by atoms with Crippen molar-refractivity contribution in [2.24, 2.45) is 5.73 Å². The summed E-state index contributed by atoms with van der Waals surface area (Å²) in [5.74, 6) is -0.372. The Morgan fingerprint density at radius 1 is 1.40 bits per heavy atom. The van der Waals surface area contributed by atoms with Gasteiger partial charge in [-0.2, -0.15) is 0 Å². The number of imidazole rings is 1. The van der Waals surface area contributed by atoms with Crippen molar-refractivity contribution in [3.63, 3.8) is 0 Å². The first-order valence-electron chi connectivity index (χ1n) is 6.84. The van der Waals surface area contributed by atoms with Gasteiger partial charge in [0.25, 0.3) is 0 Å². The minimum atomic E-state index is -0.502. The second-order valence-electron chi connectivity index (χ2n) is 5.16. The summed E-state index contributed by atoms with van der Waals surface area (Å²) in [6, 6.07) is 9.94. The second-order valence-corrected chi connectivity index (χ2v) is 5.16. The molecule has 1 heterocycles. The lowest BCUT2D eigenvalue weighted by atomic mass is 10.1. The van der Waals surface area contributed by atoms with Gasteiger partial charge in [0.15, 0.2) is 0 Å². The number of primary amides is 1. The van der Waals surface area contributed by atoms with Crippen LogP contribution in [0.15, 0.2) is 42.9 Å². The van der Waals surface area contributed by atoms with Crippen LogP contribution in [0.4, 0.5) is 0 Å². The quantitative estimate of drug-likeness (QED) is 0.836. The van der Waals surface area contributed by atoms with Crippen molar-refractivity contribution < 1.29 is 4.79 Å². The predicted octanol–water partition coefficient (Wildman–Crippen LogP) is 1.53. The van der Waals surface area contributed by atoms with Gasteiger partial charge in [-0.25, -0.2) is 4.98 Å². The summed E-state index contributed by atoms with van der Waals surface area (Å²) in [4.78, 5) is 15.9. The van der Waals surface area contributed by atoms with E-state index in [0.717, 1.165) is 24.1 Å². The van der Waals surface area contributed by atoms with Crippen molar-refractivity contribution in [3.8, 4) is 0 Å². The number of aromatic nitrogens is 2. The molecule has 0 bridgehead atoms.